The van der Waals surface area contributed by atoms with Crippen LogP contribution in [0.1, 0.15) is 28.8 Å². The molecule has 154 valence electrons. The molecule has 1 aliphatic heterocycles. The number of carbonyl (C=O) groups excluding carboxylic acids is 2. The zero-order valence-corrected chi connectivity index (χ0v) is 15.6. The highest BCUT2D eigenvalue weighted by Gasteiger charge is 2.25. The predicted molar refractivity (Wildman–Crippen MR) is 100 cm³/mol. The highest BCUT2D eigenvalue weighted by atomic mass is 19.3. The van der Waals surface area contributed by atoms with Gasteiger partial charge in [-0.3, -0.25) is 9.59 Å². The van der Waals surface area contributed by atoms with Crippen molar-refractivity contribution in [2.45, 2.75) is 31.9 Å². The van der Waals surface area contributed by atoms with Gasteiger partial charge >= 0.3 is 6.61 Å². The SMILES string of the molecule is O=C(NC1CCN(C(=O)Cc2cccc(OC(F)F)c2)CC1)c1ccccc1F. The highest BCUT2D eigenvalue weighted by Crippen LogP contribution is 2.18. The third kappa shape index (κ3) is 5.73. The summed E-state index contributed by atoms with van der Waals surface area (Å²) in [6, 6.07) is 11.7. The summed E-state index contributed by atoms with van der Waals surface area (Å²) >= 11 is 0. The van der Waals surface area contributed by atoms with Crippen LogP contribution in [0.15, 0.2) is 48.5 Å². The van der Waals surface area contributed by atoms with Gasteiger partial charge in [-0.15, -0.1) is 0 Å². The summed E-state index contributed by atoms with van der Waals surface area (Å²) in [5, 5.41) is 2.81. The third-order valence-corrected chi connectivity index (χ3v) is 4.78. The van der Waals surface area contributed by atoms with Crippen LogP contribution in [0, 0.1) is 5.82 Å². The molecule has 1 aliphatic rings. The van der Waals surface area contributed by atoms with E-state index in [9.17, 15) is 22.8 Å². The van der Waals surface area contributed by atoms with Crippen LogP contribution in [0.3, 0.4) is 0 Å². The molecular weight excluding hydrogens is 385 g/mol. The first-order valence-corrected chi connectivity index (χ1v) is 9.29. The standard InChI is InChI=1S/C21H21F3N2O3/c22-18-7-2-1-6-17(18)20(28)25-15-8-10-26(11-9-15)19(27)13-14-4-3-5-16(12-14)29-21(23)24/h1-7,12,15,21H,8-11,13H2,(H,25,28). The fourth-order valence-corrected chi connectivity index (χ4v) is 3.30. The van der Waals surface area contributed by atoms with E-state index in [1.807, 2.05) is 0 Å². The maximum atomic E-state index is 13.7. The first-order chi connectivity index (χ1) is 13.9. The maximum Gasteiger partial charge on any atom is 0.387 e. The van der Waals surface area contributed by atoms with Crippen LogP contribution in [-0.2, 0) is 11.2 Å². The summed E-state index contributed by atoms with van der Waals surface area (Å²) < 4.78 is 42.7. The average molecular weight is 406 g/mol. The van der Waals surface area contributed by atoms with E-state index in [-0.39, 0.29) is 29.7 Å². The van der Waals surface area contributed by atoms with Gasteiger partial charge in [-0.25, -0.2) is 4.39 Å². The Balaban J connectivity index is 1.49. The Bertz CT molecular complexity index is 868. The molecule has 1 saturated heterocycles. The van der Waals surface area contributed by atoms with E-state index >= 15 is 0 Å². The molecule has 0 aliphatic carbocycles. The van der Waals surface area contributed by atoms with Crippen molar-refractivity contribution in [3.63, 3.8) is 0 Å². The first-order valence-electron chi connectivity index (χ1n) is 9.29. The predicted octanol–water partition coefficient (Wildman–Crippen LogP) is 3.39. The van der Waals surface area contributed by atoms with Gasteiger partial charge in [-0.1, -0.05) is 24.3 Å². The van der Waals surface area contributed by atoms with E-state index in [0.29, 0.717) is 31.5 Å². The number of hydrogen-bond donors (Lipinski definition) is 1. The number of alkyl halides is 2. The van der Waals surface area contributed by atoms with Crippen molar-refractivity contribution in [3.05, 3.63) is 65.5 Å². The Morgan fingerprint density at radius 2 is 1.83 bits per heavy atom. The zero-order chi connectivity index (χ0) is 20.8. The van der Waals surface area contributed by atoms with Gasteiger partial charge in [0.25, 0.3) is 5.91 Å². The van der Waals surface area contributed by atoms with E-state index in [0.717, 1.165) is 0 Å². The van der Waals surface area contributed by atoms with E-state index in [4.69, 9.17) is 0 Å². The quantitative estimate of drug-likeness (QED) is 0.800. The molecule has 5 nitrogen and oxygen atoms in total. The summed E-state index contributed by atoms with van der Waals surface area (Å²) in [7, 11) is 0. The molecule has 0 saturated carbocycles. The van der Waals surface area contributed by atoms with Gasteiger partial charge in [-0.2, -0.15) is 8.78 Å². The highest BCUT2D eigenvalue weighted by molar-refractivity contribution is 5.94. The lowest BCUT2D eigenvalue weighted by Crippen LogP contribution is -2.47. The van der Waals surface area contributed by atoms with E-state index in [2.05, 4.69) is 10.1 Å². The number of piperidine rings is 1. The molecule has 29 heavy (non-hydrogen) atoms. The largest absolute Gasteiger partial charge is 0.435 e. The Labute approximate surface area is 166 Å². The summed E-state index contributed by atoms with van der Waals surface area (Å²) in [5.74, 6) is -1.16. The molecule has 2 amide bonds. The second-order valence-corrected chi connectivity index (χ2v) is 6.81. The monoisotopic (exact) mass is 406 g/mol. The number of nitrogens with one attached hydrogen (secondary N) is 1. The second kappa shape index (κ2) is 9.45. The number of halogens is 3. The summed E-state index contributed by atoms with van der Waals surface area (Å²) in [5.41, 5.74) is 0.583. The average Bonchev–Trinajstić information content (AvgIpc) is 2.68. The minimum Gasteiger partial charge on any atom is -0.435 e. The molecule has 0 spiro atoms. The molecule has 8 heteroatoms. The molecule has 1 N–H and O–H groups in total. The fourth-order valence-electron chi connectivity index (χ4n) is 3.30. The van der Waals surface area contributed by atoms with Crippen molar-refractivity contribution in [1.82, 2.24) is 10.2 Å². The molecule has 0 aromatic heterocycles. The topological polar surface area (TPSA) is 58.6 Å². The summed E-state index contributed by atoms with van der Waals surface area (Å²) in [6.07, 6.45) is 1.19. The molecule has 2 aromatic rings. The van der Waals surface area contributed by atoms with Crippen LogP contribution >= 0.6 is 0 Å². The van der Waals surface area contributed by atoms with Crippen LogP contribution < -0.4 is 10.1 Å². The zero-order valence-electron chi connectivity index (χ0n) is 15.6. The van der Waals surface area contributed by atoms with Crippen LogP contribution in [0.25, 0.3) is 0 Å². The van der Waals surface area contributed by atoms with E-state index in [1.54, 1.807) is 23.1 Å². The van der Waals surface area contributed by atoms with E-state index in [1.165, 1.54) is 30.3 Å². The Morgan fingerprint density at radius 3 is 2.52 bits per heavy atom. The summed E-state index contributed by atoms with van der Waals surface area (Å²) in [6.45, 7) is -2.01. The number of nitrogens with zero attached hydrogens (tertiary/aromatic N) is 1. The van der Waals surface area contributed by atoms with Gasteiger partial charge in [0.1, 0.15) is 11.6 Å². The number of amides is 2. The van der Waals surface area contributed by atoms with Crippen molar-refractivity contribution < 1.29 is 27.5 Å². The number of hydrogen-bond acceptors (Lipinski definition) is 3. The summed E-state index contributed by atoms with van der Waals surface area (Å²) in [4.78, 5) is 26.4. The van der Waals surface area contributed by atoms with Gasteiger partial charge in [0.2, 0.25) is 5.91 Å². The number of likely N-dealkylation sites (tertiary alicyclic amines) is 1. The van der Waals surface area contributed by atoms with Crippen molar-refractivity contribution >= 4 is 11.8 Å². The molecule has 2 aromatic carbocycles. The molecule has 0 bridgehead atoms. The number of ether oxygens (including phenoxy) is 1. The smallest absolute Gasteiger partial charge is 0.387 e. The van der Waals surface area contributed by atoms with Gasteiger partial charge < -0.3 is 15.0 Å². The van der Waals surface area contributed by atoms with Crippen molar-refractivity contribution in [3.8, 4) is 5.75 Å². The van der Waals surface area contributed by atoms with Crippen molar-refractivity contribution in [2.75, 3.05) is 13.1 Å². The van der Waals surface area contributed by atoms with Gasteiger partial charge in [-0.05, 0) is 42.7 Å². The van der Waals surface area contributed by atoms with Crippen LogP contribution in [0.5, 0.6) is 5.75 Å². The lowest BCUT2D eigenvalue weighted by atomic mass is 10.0. The third-order valence-electron chi connectivity index (χ3n) is 4.78. The second-order valence-electron chi connectivity index (χ2n) is 6.81. The molecule has 1 heterocycles. The lowest BCUT2D eigenvalue weighted by Gasteiger charge is -2.32. The molecule has 0 unspecified atom stereocenters. The molecule has 1 fully saturated rings. The van der Waals surface area contributed by atoms with Crippen LogP contribution in [-0.4, -0.2) is 42.5 Å². The van der Waals surface area contributed by atoms with Crippen LogP contribution in [0.2, 0.25) is 0 Å². The fraction of sp³-hybridized carbons (Fsp3) is 0.333. The normalized spacial score (nSPS) is 14.7. The van der Waals surface area contributed by atoms with E-state index < -0.39 is 18.3 Å². The van der Waals surface area contributed by atoms with Crippen molar-refractivity contribution in [1.29, 1.82) is 0 Å². The van der Waals surface area contributed by atoms with Gasteiger partial charge in [0, 0.05) is 19.1 Å². The molecule has 3 rings (SSSR count). The molecule has 0 atom stereocenters. The number of rotatable bonds is 6. The number of carbonyl (C=O) groups is 2. The maximum absolute atomic E-state index is 13.7. The Kier molecular flexibility index (Phi) is 6.74. The van der Waals surface area contributed by atoms with Gasteiger partial charge in [0.05, 0.1) is 12.0 Å². The van der Waals surface area contributed by atoms with Crippen molar-refractivity contribution in [2.24, 2.45) is 0 Å². The minimum atomic E-state index is -2.92. The van der Waals surface area contributed by atoms with Gasteiger partial charge in [0.15, 0.2) is 0 Å². The minimum absolute atomic E-state index is 0.00287. The van der Waals surface area contributed by atoms with Crippen LogP contribution in [0.4, 0.5) is 13.2 Å². The molecular formula is C21H21F3N2O3. The Hall–Kier alpha value is -3.03. The Morgan fingerprint density at radius 1 is 1.10 bits per heavy atom. The first kappa shape index (κ1) is 20.7. The number of benzene rings is 2. The lowest BCUT2D eigenvalue weighted by molar-refractivity contribution is -0.131. The molecule has 0 radical (unpaired) electrons.